The van der Waals surface area contributed by atoms with Crippen LogP contribution >= 0.6 is 23.1 Å². The monoisotopic (exact) mass is 467 g/mol. The van der Waals surface area contributed by atoms with Crippen LogP contribution in [0.15, 0.2) is 29.4 Å². The minimum Gasteiger partial charge on any atom is -0.325 e. The fourth-order valence-corrected chi connectivity index (χ4v) is 6.99. The highest BCUT2D eigenvalue weighted by atomic mass is 32.2. The predicted molar refractivity (Wildman–Crippen MR) is 127 cm³/mol. The second kappa shape index (κ2) is 7.87. The number of carbonyl (C=O) groups is 1. The van der Waals surface area contributed by atoms with Gasteiger partial charge in [-0.1, -0.05) is 23.9 Å². The molecule has 0 saturated carbocycles. The Labute approximate surface area is 194 Å². The van der Waals surface area contributed by atoms with Gasteiger partial charge in [-0.05, 0) is 62.8 Å². The van der Waals surface area contributed by atoms with Crippen LogP contribution in [-0.2, 0) is 17.6 Å². The maximum atomic E-state index is 12.6. The zero-order valence-corrected chi connectivity index (χ0v) is 19.6. The Balaban J connectivity index is 1.30. The van der Waals surface area contributed by atoms with Crippen molar-refractivity contribution in [3.05, 3.63) is 45.8 Å². The lowest BCUT2D eigenvalue weighted by atomic mass is 9.94. The lowest BCUT2D eigenvalue weighted by Crippen LogP contribution is -2.40. The van der Waals surface area contributed by atoms with Crippen molar-refractivity contribution in [2.75, 3.05) is 16.1 Å². The molecule has 6 rings (SSSR count). The Morgan fingerprint density at radius 3 is 3.06 bits per heavy atom. The number of hydrogen-bond donors (Lipinski definition) is 3. The molecule has 2 aliphatic heterocycles. The molecule has 2 atom stereocenters. The molecule has 0 bridgehead atoms. The van der Waals surface area contributed by atoms with Gasteiger partial charge in [0.25, 0.3) is 0 Å². The molecule has 3 aliphatic rings. The first kappa shape index (κ1) is 20.2. The Hall–Kier alpha value is -2.40. The van der Waals surface area contributed by atoms with E-state index in [4.69, 9.17) is 0 Å². The fourth-order valence-electron chi connectivity index (χ4n) is 4.78. The molecule has 32 heavy (non-hydrogen) atoms. The highest BCUT2D eigenvalue weighted by Crippen LogP contribution is 2.48. The van der Waals surface area contributed by atoms with Crippen LogP contribution in [0.3, 0.4) is 0 Å². The van der Waals surface area contributed by atoms with Crippen LogP contribution in [0.25, 0.3) is 5.00 Å². The first-order chi connectivity index (χ1) is 15.6. The minimum absolute atomic E-state index is 0.0491. The van der Waals surface area contributed by atoms with E-state index in [1.165, 1.54) is 45.6 Å². The van der Waals surface area contributed by atoms with Gasteiger partial charge in [-0.2, -0.15) is 0 Å². The molecule has 1 amide bonds. The highest BCUT2D eigenvalue weighted by Gasteiger charge is 2.43. The average Bonchev–Trinajstić information content (AvgIpc) is 3.46. The maximum absolute atomic E-state index is 12.6. The van der Waals surface area contributed by atoms with Gasteiger partial charge < -0.3 is 5.32 Å². The van der Waals surface area contributed by atoms with E-state index >= 15 is 0 Å². The molecule has 1 saturated heterocycles. The van der Waals surface area contributed by atoms with Crippen molar-refractivity contribution in [2.24, 2.45) is 0 Å². The third-order valence-electron chi connectivity index (χ3n) is 6.13. The number of nitrogens with one attached hydrogen (secondary N) is 3. The van der Waals surface area contributed by atoms with E-state index in [1.807, 2.05) is 42.5 Å². The number of aryl methyl sites for hydroxylation is 2. The van der Waals surface area contributed by atoms with E-state index in [-0.39, 0.29) is 24.0 Å². The predicted octanol–water partition coefficient (Wildman–Crippen LogP) is 3.52. The SMILES string of the molecule is Cc1cccc(NC(=O)CSc2nnc3n2-c2sc4c(c2C2NC(C)NN32)CCCC4)c1. The van der Waals surface area contributed by atoms with Crippen LogP contribution in [0.1, 0.15) is 47.5 Å². The quantitative estimate of drug-likeness (QED) is 0.506. The van der Waals surface area contributed by atoms with Gasteiger partial charge in [-0.15, -0.1) is 21.5 Å². The Kier molecular flexibility index (Phi) is 4.98. The first-order valence-corrected chi connectivity index (χ1v) is 12.8. The second-order valence-corrected chi connectivity index (χ2v) is 10.6. The molecule has 8 nitrogen and oxygen atoms in total. The molecule has 3 aromatic rings. The summed E-state index contributed by atoms with van der Waals surface area (Å²) in [4.78, 5) is 14.1. The van der Waals surface area contributed by atoms with Crippen LogP contribution in [0.2, 0.25) is 0 Å². The number of hydrogen-bond acceptors (Lipinski definition) is 8. The summed E-state index contributed by atoms with van der Waals surface area (Å²) < 4.78 is 2.13. The van der Waals surface area contributed by atoms with Gasteiger partial charge >= 0.3 is 0 Å². The van der Waals surface area contributed by atoms with Gasteiger partial charge in [-0.3, -0.25) is 15.1 Å². The van der Waals surface area contributed by atoms with Crippen molar-refractivity contribution < 1.29 is 4.79 Å². The standard InChI is InChI=1S/C22H25N7OS2/c1-12-6-5-7-14(10-12)24-17(30)11-31-22-26-25-21-28(22)20-18(19-23-13(2)27-29(19)21)15-8-3-4-9-16(15)32-20/h5-7,10,13,19,23,27H,3-4,8-9,11H2,1-2H3,(H,24,30). The average molecular weight is 468 g/mol. The number of carbonyl (C=O) groups excluding carboxylic acids is 1. The maximum Gasteiger partial charge on any atom is 0.249 e. The number of rotatable bonds is 4. The molecule has 4 heterocycles. The molecular weight excluding hydrogens is 442 g/mol. The Morgan fingerprint density at radius 1 is 1.31 bits per heavy atom. The van der Waals surface area contributed by atoms with Gasteiger partial charge in [0.05, 0.1) is 11.9 Å². The summed E-state index contributed by atoms with van der Waals surface area (Å²) in [5, 5.41) is 19.6. The molecule has 2 unspecified atom stereocenters. The number of fused-ring (bicyclic) bond motifs is 8. The zero-order chi connectivity index (χ0) is 21.8. The van der Waals surface area contributed by atoms with Gasteiger partial charge in [0, 0.05) is 16.1 Å². The third-order valence-corrected chi connectivity index (χ3v) is 8.36. The lowest BCUT2D eigenvalue weighted by molar-refractivity contribution is -0.113. The van der Waals surface area contributed by atoms with Crippen molar-refractivity contribution in [3.8, 4) is 5.00 Å². The van der Waals surface area contributed by atoms with Crippen LogP contribution in [0, 0.1) is 6.92 Å². The van der Waals surface area contributed by atoms with Crippen molar-refractivity contribution in [2.45, 2.75) is 57.0 Å². The van der Waals surface area contributed by atoms with Crippen LogP contribution in [0.5, 0.6) is 0 Å². The topological polar surface area (TPSA) is 87.1 Å². The van der Waals surface area contributed by atoms with E-state index < -0.39 is 0 Å². The van der Waals surface area contributed by atoms with E-state index in [0.717, 1.165) is 35.2 Å². The number of benzene rings is 1. The van der Waals surface area contributed by atoms with E-state index in [0.29, 0.717) is 0 Å². The number of nitrogens with zero attached hydrogens (tertiary/aromatic N) is 4. The molecule has 3 N–H and O–H groups in total. The molecule has 1 fully saturated rings. The summed E-state index contributed by atoms with van der Waals surface area (Å²) in [5.41, 5.74) is 8.25. The molecule has 166 valence electrons. The van der Waals surface area contributed by atoms with E-state index in [9.17, 15) is 4.79 Å². The number of amides is 1. The molecule has 1 aliphatic carbocycles. The molecule has 2 aromatic heterocycles. The number of aromatic nitrogens is 3. The number of hydrazine groups is 1. The van der Waals surface area contributed by atoms with Crippen molar-refractivity contribution in [3.63, 3.8) is 0 Å². The van der Waals surface area contributed by atoms with Gasteiger partial charge in [0.2, 0.25) is 11.9 Å². The summed E-state index contributed by atoms with van der Waals surface area (Å²) in [6.07, 6.45) is 4.96. The summed E-state index contributed by atoms with van der Waals surface area (Å²) in [6, 6.07) is 7.84. The second-order valence-electron chi connectivity index (χ2n) is 8.54. The molecule has 10 heteroatoms. The summed E-state index contributed by atoms with van der Waals surface area (Å²) in [5.74, 6) is 1.00. The van der Waals surface area contributed by atoms with Crippen molar-refractivity contribution >= 4 is 40.6 Å². The molecular formula is C22H25N7OS2. The summed E-state index contributed by atoms with van der Waals surface area (Å²) in [7, 11) is 0. The number of thiophene rings is 1. The van der Waals surface area contributed by atoms with Crippen LogP contribution in [0.4, 0.5) is 11.6 Å². The smallest absolute Gasteiger partial charge is 0.249 e. The minimum atomic E-state index is -0.0491. The third kappa shape index (κ3) is 3.33. The van der Waals surface area contributed by atoms with Crippen LogP contribution < -0.4 is 21.1 Å². The molecule has 0 radical (unpaired) electrons. The Bertz CT molecular complexity index is 1200. The highest BCUT2D eigenvalue weighted by molar-refractivity contribution is 7.99. The molecule has 1 aromatic carbocycles. The van der Waals surface area contributed by atoms with Gasteiger partial charge in [0.15, 0.2) is 5.16 Å². The number of thioether (sulfide) groups is 1. The van der Waals surface area contributed by atoms with E-state index in [2.05, 4.69) is 42.8 Å². The lowest BCUT2D eigenvalue weighted by Gasteiger charge is -2.31. The van der Waals surface area contributed by atoms with Crippen LogP contribution in [-0.4, -0.2) is 32.6 Å². The van der Waals surface area contributed by atoms with E-state index in [1.54, 1.807) is 0 Å². The first-order valence-electron chi connectivity index (χ1n) is 11.0. The Morgan fingerprint density at radius 2 is 2.19 bits per heavy atom. The summed E-state index contributed by atoms with van der Waals surface area (Å²) in [6.45, 7) is 4.13. The number of anilines is 2. The van der Waals surface area contributed by atoms with Crippen molar-refractivity contribution in [1.29, 1.82) is 0 Å². The summed E-state index contributed by atoms with van der Waals surface area (Å²) >= 11 is 3.29. The largest absolute Gasteiger partial charge is 0.325 e. The molecule has 0 spiro atoms. The van der Waals surface area contributed by atoms with Gasteiger partial charge in [0.1, 0.15) is 11.2 Å². The normalized spacial score (nSPS) is 21.0. The van der Waals surface area contributed by atoms with Gasteiger partial charge in [-0.25, -0.2) is 9.99 Å². The fraction of sp³-hybridized carbons (Fsp3) is 0.409. The van der Waals surface area contributed by atoms with Crippen molar-refractivity contribution in [1.82, 2.24) is 25.5 Å². The zero-order valence-electron chi connectivity index (χ0n) is 18.0.